The summed E-state index contributed by atoms with van der Waals surface area (Å²) in [6.45, 7) is 2.26. The molecule has 1 aromatic carbocycles. The molecule has 5 nitrogen and oxygen atoms in total. The fourth-order valence-electron chi connectivity index (χ4n) is 4.00. The quantitative estimate of drug-likeness (QED) is 0.893. The van der Waals surface area contributed by atoms with E-state index in [0.717, 1.165) is 25.8 Å². The minimum atomic E-state index is -0.0325. The summed E-state index contributed by atoms with van der Waals surface area (Å²) in [5, 5.41) is 6.13. The summed E-state index contributed by atoms with van der Waals surface area (Å²) in [4.78, 5) is 27.0. The average Bonchev–Trinajstić information content (AvgIpc) is 3.38. The van der Waals surface area contributed by atoms with Crippen LogP contribution in [0, 0.1) is 5.92 Å². The van der Waals surface area contributed by atoms with E-state index in [1.54, 1.807) is 6.07 Å². The van der Waals surface area contributed by atoms with E-state index >= 15 is 0 Å². The molecular formula is C19H25N3O2. The molecule has 3 fully saturated rings. The number of rotatable bonds is 4. The van der Waals surface area contributed by atoms with E-state index in [1.165, 1.54) is 25.8 Å². The number of amides is 2. The Morgan fingerprint density at radius 3 is 2.75 bits per heavy atom. The van der Waals surface area contributed by atoms with Crippen molar-refractivity contribution in [1.29, 1.82) is 0 Å². The average molecular weight is 327 g/mol. The van der Waals surface area contributed by atoms with Crippen molar-refractivity contribution in [2.24, 2.45) is 5.92 Å². The lowest BCUT2D eigenvalue weighted by Gasteiger charge is -2.32. The third kappa shape index (κ3) is 3.31. The molecule has 1 aliphatic carbocycles. The molecule has 2 atom stereocenters. The number of nitrogens with one attached hydrogen (secondary N) is 2. The van der Waals surface area contributed by atoms with Crippen molar-refractivity contribution >= 4 is 17.5 Å². The highest BCUT2D eigenvalue weighted by Crippen LogP contribution is 2.30. The van der Waals surface area contributed by atoms with E-state index in [1.807, 2.05) is 18.2 Å². The van der Waals surface area contributed by atoms with Gasteiger partial charge in [-0.25, -0.2) is 0 Å². The van der Waals surface area contributed by atoms with Crippen LogP contribution in [0.2, 0.25) is 0 Å². The molecule has 0 bridgehead atoms. The number of anilines is 1. The van der Waals surface area contributed by atoms with Crippen LogP contribution < -0.4 is 10.6 Å². The van der Waals surface area contributed by atoms with Gasteiger partial charge in [0.15, 0.2) is 0 Å². The summed E-state index contributed by atoms with van der Waals surface area (Å²) < 4.78 is 0. The van der Waals surface area contributed by atoms with E-state index in [-0.39, 0.29) is 23.8 Å². The van der Waals surface area contributed by atoms with Crippen LogP contribution in [-0.4, -0.2) is 41.9 Å². The Balaban J connectivity index is 1.39. The van der Waals surface area contributed by atoms with Crippen LogP contribution in [0.3, 0.4) is 0 Å². The van der Waals surface area contributed by atoms with Gasteiger partial charge in [-0.05, 0) is 56.8 Å². The lowest BCUT2D eigenvalue weighted by molar-refractivity contribution is -0.117. The van der Waals surface area contributed by atoms with Crippen molar-refractivity contribution in [3.05, 3.63) is 29.8 Å². The summed E-state index contributed by atoms with van der Waals surface area (Å²) in [7, 11) is 0. The molecule has 3 aliphatic rings. The first kappa shape index (κ1) is 15.6. The summed E-state index contributed by atoms with van der Waals surface area (Å²) in [6, 6.07) is 8.02. The molecule has 1 saturated carbocycles. The Morgan fingerprint density at radius 2 is 1.92 bits per heavy atom. The molecule has 2 heterocycles. The number of carbonyl (C=O) groups excluding carboxylic acids is 2. The normalized spacial score (nSPS) is 26.7. The van der Waals surface area contributed by atoms with Crippen molar-refractivity contribution in [3.8, 4) is 0 Å². The molecule has 0 unspecified atom stereocenters. The first-order valence-electron chi connectivity index (χ1n) is 9.16. The molecule has 2 saturated heterocycles. The molecular weight excluding hydrogens is 302 g/mol. The largest absolute Gasteiger partial charge is 0.348 e. The summed E-state index contributed by atoms with van der Waals surface area (Å²) >= 11 is 0. The number of fused-ring (bicyclic) bond motifs is 1. The van der Waals surface area contributed by atoms with E-state index in [9.17, 15) is 9.59 Å². The first-order chi connectivity index (χ1) is 11.7. The van der Waals surface area contributed by atoms with Crippen LogP contribution in [0.15, 0.2) is 24.3 Å². The minimum Gasteiger partial charge on any atom is -0.348 e. The second-order valence-electron chi connectivity index (χ2n) is 7.31. The summed E-state index contributed by atoms with van der Waals surface area (Å²) in [6.07, 6.45) is 6.71. The smallest absolute Gasteiger partial charge is 0.251 e. The van der Waals surface area contributed by atoms with Gasteiger partial charge in [-0.3, -0.25) is 14.5 Å². The van der Waals surface area contributed by atoms with Crippen molar-refractivity contribution in [2.45, 2.75) is 50.6 Å². The SMILES string of the molecule is O=C(N[C@H]1CCN2CCCC[C@H]12)c1cccc(NC(=O)C2CC2)c1. The van der Waals surface area contributed by atoms with Gasteiger partial charge in [-0.15, -0.1) is 0 Å². The van der Waals surface area contributed by atoms with Gasteiger partial charge in [-0.1, -0.05) is 12.5 Å². The van der Waals surface area contributed by atoms with Gasteiger partial charge in [0.25, 0.3) is 5.91 Å². The Bertz CT molecular complexity index is 641. The van der Waals surface area contributed by atoms with E-state index < -0.39 is 0 Å². The van der Waals surface area contributed by atoms with Gasteiger partial charge < -0.3 is 10.6 Å². The number of piperidine rings is 1. The lowest BCUT2D eigenvalue weighted by atomic mass is 9.99. The number of carbonyl (C=O) groups is 2. The topological polar surface area (TPSA) is 61.4 Å². The third-order valence-electron chi connectivity index (χ3n) is 5.51. The molecule has 0 radical (unpaired) electrons. The standard InChI is InChI=1S/C19H25N3O2/c23-18(13-7-8-13)20-15-5-3-4-14(12-15)19(24)21-16-9-11-22-10-2-1-6-17(16)22/h3-5,12-13,16-17H,1-2,6-11H2,(H,20,23)(H,21,24)/t16-,17+/m0/s1. The van der Waals surface area contributed by atoms with Crippen LogP contribution in [0.25, 0.3) is 0 Å². The molecule has 2 amide bonds. The van der Waals surface area contributed by atoms with Crippen LogP contribution in [0.1, 0.15) is 48.9 Å². The molecule has 128 valence electrons. The van der Waals surface area contributed by atoms with Crippen molar-refractivity contribution < 1.29 is 9.59 Å². The number of hydrogen-bond donors (Lipinski definition) is 2. The maximum Gasteiger partial charge on any atom is 0.251 e. The summed E-state index contributed by atoms with van der Waals surface area (Å²) in [5.74, 6) is 0.203. The second kappa shape index (κ2) is 6.55. The molecule has 0 spiro atoms. The highest BCUT2D eigenvalue weighted by atomic mass is 16.2. The van der Waals surface area contributed by atoms with E-state index in [4.69, 9.17) is 0 Å². The van der Waals surface area contributed by atoms with Gasteiger partial charge in [0.1, 0.15) is 0 Å². The zero-order chi connectivity index (χ0) is 16.5. The zero-order valence-corrected chi connectivity index (χ0v) is 14.0. The van der Waals surface area contributed by atoms with Gasteiger partial charge in [0.05, 0.1) is 0 Å². The first-order valence-corrected chi connectivity index (χ1v) is 9.16. The third-order valence-corrected chi connectivity index (χ3v) is 5.51. The fraction of sp³-hybridized carbons (Fsp3) is 0.579. The Morgan fingerprint density at radius 1 is 1.04 bits per heavy atom. The molecule has 0 aromatic heterocycles. The second-order valence-corrected chi connectivity index (χ2v) is 7.31. The fourth-order valence-corrected chi connectivity index (χ4v) is 4.00. The molecule has 24 heavy (non-hydrogen) atoms. The van der Waals surface area contributed by atoms with Gasteiger partial charge >= 0.3 is 0 Å². The summed E-state index contributed by atoms with van der Waals surface area (Å²) in [5.41, 5.74) is 1.34. The Labute approximate surface area is 142 Å². The van der Waals surface area contributed by atoms with E-state index in [0.29, 0.717) is 17.3 Å². The lowest BCUT2D eigenvalue weighted by Crippen LogP contribution is -2.46. The van der Waals surface area contributed by atoms with Gasteiger partial charge in [-0.2, -0.15) is 0 Å². The van der Waals surface area contributed by atoms with Crippen LogP contribution in [0.4, 0.5) is 5.69 Å². The maximum absolute atomic E-state index is 12.6. The monoisotopic (exact) mass is 327 g/mol. The van der Waals surface area contributed by atoms with Gasteiger partial charge in [0.2, 0.25) is 5.91 Å². The molecule has 5 heteroatoms. The van der Waals surface area contributed by atoms with Crippen LogP contribution in [0.5, 0.6) is 0 Å². The Kier molecular flexibility index (Phi) is 4.27. The zero-order valence-electron chi connectivity index (χ0n) is 14.0. The van der Waals surface area contributed by atoms with Crippen LogP contribution in [-0.2, 0) is 4.79 Å². The number of benzene rings is 1. The highest BCUT2D eigenvalue weighted by Gasteiger charge is 2.36. The van der Waals surface area contributed by atoms with Crippen molar-refractivity contribution in [3.63, 3.8) is 0 Å². The molecule has 2 aliphatic heterocycles. The predicted octanol–water partition coefficient (Wildman–Crippen LogP) is 2.39. The van der Waals surface area contributed by atoms with E-state index in [2.05, 4.69) is 15.5 Å². The van der Waals surface area contributed by atoms with Crippen molar-refractivity contribution in [1.82, 2.24) is 10.2 Å². The molecule has 1 aromatic rings. The number of hydrogen-bond acceptors (Lipinski definition) is 3. The minimum absolute atomic E-state index is 0.0325. The molecule has 4 rings (SSSR count). The predicted molar refractivity (Wildman–Crippen MR) is 92.9 cm³/mol. The number of nitrogens with zero attached hydrogens (tertiary/aromatic N) is 1. The molecule has 2 N–H and O–H groups in total. The Hall–Kier alpha value is -1.88. The maximum atomic E-state index is 12.6. The van der Waals surface area contributed by atoms with Crippen LogP contribution >= 0.6 is 0 Å². The highest BCUT2D eigenvalue weighted by molar-refractivity contribution is 5.98. The van der Waals surface area contributed by atoms with Crippen molar-refractivity contribution in [2.75, 3.05) is 18.4 Å². The van der Waals surface area contributed by atoms with Gasteiger partial charge in [0, 0.05) is 35.8 Å².